The van der Waals surface area contributed by atoms with Gasteiger partial charge in [0.25, 0.3) is 0 Å². The highest BCUT2D eigenvalue weighted by molar-refractivity contribution is 5.53. The lowest BCUT2D eigenvalue weighted by Gasteiger charge is -2.25. The molecule has 0 spiro atoms. The number of anilines is 1. The van der Waals surface area contributed by atoms with Crippen molar-refractivity contribution in [3.05, 3.63) is 35.6 Å². The number of aryl methyl sites for hydroxylation is 1. The summed E-state index contributed by atoms with van der Waals surface area (Å²) >= 11 is 0. The topological polar surface area (TPSA) is 82.1 Å². The van der Waals surface area contributed by atoms with E-state index >= 15 is 0 Å². The van der Waals surface area contributed by atoms with Crippen molar-refractivity contribution in [1.29, 1.82) is 5.26 Å². The van der Waals surface area contributed by atoms with Gasteiger partial charge in [-0.25, -0.2) is 4.98 Å². The summed E-state index contributed by atoms with van der Waals surface area (Å²) in [5, 5.41) is 13.3. The van der Waals surface area contributed by atoms with Crippen LogP contribution in [0.3, 0.4) is 0 Å². The third-order valence-corrected chi connectivity index (χ3v) is 4.44. The summed E-state index contributed by atoms with van der Waals surface area (Å²) in [5.41, 5.74) is 0.628. The second-order valence-corrected chi connectivity index (χ2v) is 5.94. The fraction of sp³-hybridized carbons (Fsp3) is 0.529. The molecule has 7 nitrogen and oxygen atoms in total. The summed E-state index contributed by atoms with van der Waals surface area (Å²) in [6.45, 7) is 7.65. The van der Waals surface area contributed by atoms with Crippen LogP contribution in [0.25, 0.3) is 0 Å². The Morgan fingerprint density at radius 3 is 2.96 bits per heavy atom. The predicted molar refractivity (Wildman–Crippen MR) is 89.4 cm³/mol. The molecule has 0 aromatic carbocycles. The smallest absolute Gasteiger partial charge is 0.243 e. The van der Waals surface area contributed by atoms with E-state index in [9.17, 15) is 5.26 Å². The Kier molecular flexibility index (Phi) is 5.06. The maximum Gasteiger partial charge on any atom is 0.243 e. The minimum absolute atomic E-state index is 0.0944. The van der Waals surface area contributed by atoms with Gasteiger partial charge >= 0.3 is 0 Å². The van der Waals surface area contributed by atoms with Crippen molar-refractivity contribution in [2.45, 2.75) is 32.7 Å². The molecular formula is C17H22N6O. The molecule has 0 N–H and O–H groups in total. The molecular weight excluding hydrogens is 304 g/mol. The van der Waals surface area contributed by atoms with Crippen LogP contribution in [0.5, 0.6) is 0 Å². The van der Waals surface area contributed by atoms with Crippen LogP contribution in [0.4, 0.5) is 5.82 Å². The van der Waals surface area contributed by atoms with Crippen LogP contribution in [0.1, 0.15) is 43.6 Å². The van der Waals surface area contributed by atoms with Gasteiger partial charge in [0.05, 0.1) is 11.6 Å². The first-order valence-electron chi connectivity index (χ1n) is 8.39. The van der Waals surface area contributed by atoms with Crippen LogP contribution in [-0.2, 0) is 6.42 Å². The van der Waals surface area contributed by atoms with Crippen molar-refractivity contribution in [3.63, 3.8) is 0 Å². The summed E-state index contributed by atoms with van der Waals surface area (Å²) in [7, 11) is 0. The zero-order chi connectivity index (χ0) is 16.9. The maximum absolute atomic E-state index is 9.28. The standard InChI is InChI=1S/C17H22N6O/c1-3-15-20-17(24-21-15)13(2)22-8-5-9-23(11-10-22)16-14(12-18)6-4-7-19-16/h4,6-7,13H,3,5,8-11H2,1-2H3. The normalized spacial score (nSPS) is 17.3. The predicted octanol–water partition coefficient (Wildman–Crippen LogP) is 2.17. The van der Waals surface area contributed by atoms with Crippen molar-refractivity contribution in [2.24, 2.45) is 0 Å². The van der Waals surface area contributed by atoms with Crippen LogP contribution in [0.15, 0.2) is 22.9 Å². The molecule has 1 aliphatic rings. The van der Waals surface area contributed by atoms with Crippen LogP contribution >= 0.6 is 0 Å². The highest BCUT2D eigenvalue weighted by Gasteiger charge is 2.25. The molecule has 3 rings (SSSR count). The third-order valence-electron chi connectivity index (χ3n) is 4.44. The SMILES string of the molecule is CCc1noc(C(C)N2CCCN(c3ncccc3C#N)CC2)n1. The Balaban J connectivity index is 1.70. The van der Waals surface area contributed by atoms with Gasteiger partial charge in [0.2, 0.25) is 5.89 Å². The van der Waals surface area contributed by atoms with Gasteiger partial charge in [0.1, 0.15) is 11.9 Å². The molecule has 7 heteroatoms. The second kappa shape index (κ2) is 7.41. The number of aromatic nitrogens is 3. The maximum atomic E-state index is 9.28. The first-order chi connectivity index (χ1) is 11.7. The number of nitrogens with zero attached hydrogens (tertiary/aromatic N) is 6. The molecule has 2 aromatic rings. The minimum atomic E-state index is 0.0944. The minimum Gasteiger partial charge on any atom is -0.354 e. The zero-order valence-electron chi connectivity index (χ0n) is 14.1. The lowest BCUT2D eigenvalue weighted by atomic mass is 10.2. The van der Waals surface area contributed by atoms with Gasteiger partial charge in [-0.05, 0) is 25.5 Å². The van der Waals surface area contributed by atoms with E-state index < -0.39 is 0 Å². The Morgan fingerprint density at radius 2 is 2.21 bits per heavy atom. The fourth-order valence-corrected chi connectivity index (χ4v) is 3.01. The van der Waals surface area contributed by atoms with E-state index in [0.717, 1.165) is 50.7 Å². The first-order valence-corrected chi connectivity index (χ1v) is 8.39. The molecule has 3 heterocycles. The Hall–Kier alpha value is -2.46. The molecule has 0 amide bonds. The lowest BCUT2D eigenvalue weighted by molar-refractivity contribution is 0.184. The van der Waals surface area contributed by atoms with Crippen molar-refractivity contribution < 1.29 is 4.52 Å². The number of pyridine rings is 1. The van der Waals surface area contributed by atoms with Gasteiger partial charge in [-0.2, -0.15) is 10.2 Å². The van der Waals surface area contributed by atoms with E-state index in [-0.39, 0.29) is 6.04 Å². The van der Waals surface area contributed by atoms with Gasteiger partial charge in [-0.1, -0.05) is 12.1 Å². The molecule has 0 bridgehead atoms. The highest BCUT2D eigenvalue weighted by atomic mass is 16.5. The van der Waals surface area contributed by atoms with E-state index in [0.29, 0.717) is 11.5 Å². The van der Waals surface area contributed by atoms with Crippen LogP contribution in [0.2, 0.25) is 0 Å². The molecule has 126 valence electrons. The molecule has 2 aromatic heterocycles. The van der Waals surface area contributed by atoms with Gasteiger partial charge in [-0.15, -0.1) is 0 Å². The molecule has 0 saturated carbocycles. The Morgan fingerprint density at radius 1 is 1.33 bits per heavy atom. The highest BCUT2D eigenvalue weighted by Crippen LogP contribution is 2.23. The quantitative estimate of drug-likeness (QED) is 0.851. The molecule has 1 atom stereocenters. The van der Waals surface area contributed by atoms with E-state index in [1.807, 2.05) is 13.0 Å². The van der Waals surface area contributed by atoms with E-state index in [1.54, 1.807) is 12.3 Å². The van der Waals surface area contributed by atoms with Gasteiger partial charge in [0, 0.05) is 38.8 Å². The van der Waals surface area contributed by atoms with Gasteiger partial charge in [0.15, 0.2) is 5.82 Å². The van der Waals surface area contributed by atoms with E-state index in [1.165, 1.54) is 0 Å². The molecule has 0 aliphatic carbocycles. The van der Waals surface area contributed by atoms with Crippen LogP contribution in [0, 0.1) is 11.3 Å². The summed E-state index contributed by atoms with van der Waals surface area (Å²) in [5.74, 6) is 2.21. The average Bonchev–Trinajstić information content (AvgIpc) is 2.98. The monoisotopic (exact) mass is 326 g/mol. The Labute approximate surface area is 141 Å². The van der Waals surface area contributed by atoms with E-state index in [2.05, 4.69) is 37.9 Å². The van der Waals surface area contributed by atoms with Gasteiger partial charge in [-0.3, -0.25) is 4.90 Å². The lowest BCUT2D eigenvalue weighted by Crippen LogP contribution is -2.33. The number of hydrogen-bond acceptors (Lipinski definition) is 7. The fourth-order valence-electron chi connectivity index (χ4n) is 3.01. The van der Waals surface area contributed by atoms with Crippen LogP contribution in [-0.4, -0.2) is 46.2 Å². The summed E-state index contributed by atoms with van der Waals surface area (Å²) in [6.07, 6.45) is 3.52. The number of nitriles is 1. The molecule has 0 radical (unpaired) electrons. The largest absolute Gasteiger partial charge is 0.354 e. The molecule has 1 saturated heterocycles. The molecule has 1 unspecified atom stereocenters. The molecule has 1 aliphatic heterocycles. The van der Waals surface area contributed by atoms with Crippen molar-refractivity contribution in [1.82, 2.24) is 20.0 Å². The Bertz CT molecular complexity index is 722. The number of rotatable bonds is 4. The summed E-state index contributed by atoms with van der Waals surface area (Å²) in [6, 6.07) is 5.94. The van der Waals surface area contributed by atoms with Crippen LogP contribution < -0.4 is 4.90 Å². The first kappa shape index (κ1) is 16.4. The molecule has 1 fully saturated rings. The third kappa shape index (κ3) is 3.39. The van der Waals surface area contributed by atoms with Crippen molar-refractivity contribution in [3.8, 4) is 6.07 Å². The zero-order valence-corrected chi connectivity index (χ0v) is 14.1. The molecule has 24 heavy (non-hydrogen) atoms. The number of hydrogen-bond donors (Lipinski definition) is 0. The average molecular weight is 326 g/mol. The van der Waals surface area contributed by atoms with Gasteiger partial charge < -0.3 is 9.42 Å². The van der Waals surface area contributed by atoms with Crippen molar-refractivity contribution >= 4 is 5.82 Å². The van der Waals surface area contributed by atoms with E-state index in [4.69, 9.17) is 4.52 Å². The summed E-state index contributed by atoms with van der Waals surface area (Å²) < 4.78 is 5.39. The second-order valence-electron chi connectivity index (χ2n) is 5.94. The summed E-state index contributed by atoms with van der Waals surface area (Å²) in [4.78, 5) is 13.4. The van der Waals surface area contributed by atoms with Crippen molar-refractivity contribution in [2.75, 3.05) is 31.1 Å².